The lowest BCUT2D eigenvalue weighted by atomic mass is 9.75. The molecule has 2 aliphatic rings. The minimum Gasteiger partial charge on any atom is -0.458 e. The number of carbonyl (C=O) groups is 5. The van der Waals surface area contributed by atoms with Crippen molar-refractivity contribution in [2.75, 3.05) is 0 Å². The summed E-state index contributed by atoms with van der Waals surface area (Å²) in [5, 5.41) is 0. The van der Waals surface area contributed by atoms with Gasteiger partial charge in [-0.25, -0.2) is 9.59 Å². The minimum absolute atomic E-state index is 0.148. The lowest BCUT2D eigenvalue weighted by Gasteiger charge is -2.43. The van der Waals surface area contributed by atoms with Crippen molar-refractivity contribution in [1.29, 1.82) is 0 Å². The van der Waals surface area contributed by atoms with E-state index in [-0.39, 0.29) is 30.1 Å². The highest BCUT2D eigenvalue weighted by atomic mass is 16.6. The van der Waals surface area contributed by atoms with Gasteiger partial charge in [0.15, 0.2) is 5.60 Å². The second-order valence-electron chi connectivity index (χ2n) is 13.1. The van der Waals surface area contributed by atoms with Crippen LogP contribution in [-0.4, -0.2) is 58.6 Å². The van der Waals surface area contributed by atoms with Gasteiger partial charge in [-0.05, 0) is 62.9 Å². The Labute approximate surface area is 275 Å². The number of allylic oxidation sites excluding steroid dienone is 1. The quantitative estimate of drug-likeness (QED) is 0.214. The first-order valence-electron chi connectivity index (χ1n) is 15.8. The van der Waals surface area contributed by atoms with Gasteiger partial charge < -0.3 is 18.9 Å². The molecule has 1 saturated carbocycles. The van der Waals surface area contributed by atoms with Gasteiger partial charge in [0, 0.05) is 44.0 Å². The number of ether oxygens (including phenoxy) is 4. The van der Waals surface area contributed by atoms with Crippen molar-refractivity contribution in [1.82, 2.24) is 4.98 Å². The zero-order valence-electron chi connectivity index (χ0n) is 27.9. The number of hydrogen-bond donors (Lipinski definition) is 0. The third-order valence-corrected chi connectivity index (χ3v) is 8.96. The molecule has 10 heteroatoms. The van der Waals surface area contributed by atoms with Gasteiger partial charge >= 0.3 is 23.9 Å². The molecule has 7 atom stereocenters. The molecule has 1 aromatic carbocycles. The molecule has 0 spiro atoms. The molecule has 0 saturated heterocycles. The summed E-state index contributed by atoms with van der Waals surface area (Å²) in [7, 11) is 0. The average molecular weight is 646 g/mol. The summed E-state index contributed by atoms with van der Waals surface area (Å²) >= 11 is 0. The van der Waals surface area contributed by atoms with Gasteiger partial charge in [-0.1, -0.05) is 50.3 Å². The molecule has 0 unspecified atom stereocenters. The van der Waals surface area contributed by atoms with E-state index >= 15 is 0 Å². The van der Waals surface area contributed by atoms with E-state index in [1.165, 1.54) is 26.2 Å². The van der Waals surface area contributed by atoms with Gasteiger partial charge in [0.25, 0.3) is 0 Å². The number of ketones is 1. The fourth-order valence-electron chi connectivity index (χ4n) is 6.54. The predicted octanol–water partition coefficient (Wildman–Crippen LogP) is 5.86. The van der Waals surface area contributed by atoms with E-state index in [4.69, 9.17) is 18.9 Å². The number of esters is 4. The Kier molecular flexibility index (Phi) is 10.8. The summed E-state index contributed by atoms with van der Waals surface area (Å²) in [5.41, 5.74) is -1.46. The number of pyridine rings is 1. The SMILES string of the molecule is CC(=O)O[C@@H]1[C@H](C)C=CC(C)(C)C(=O)C[C@@H](OC(=O)c2cccnc2)C(C)=C[C@H]2[C@@H](OC(=O)c3ccccc3)[C@@H](C)C[C@]12OC(C)=O. The number of hydrogen-bond acceptors (Lipinski definition) is 10. The van der Waals surface area contributed by atoms with Crippen LogP contribution in [0.15, 0.2) is 78.7 Å². The van der Waals surface area contributed by atoms with Gasteiger partial charge in [0.2, 0.25) is 0 Å². The normalized spacial score (nSPS) is 28.8. The summed E-state index contributed by atoms with van der Waals surface area (Å²) in [6, 6.07) is 11.7. The smallest absolute Gasteiger partial charge is 0.340 e. The monoisotopic (exact) mass is 645 g/mol. The number of Topliss-reactive ketones (excluding diaryl/α,β-unsaturated/α-hetero) is 1. The van der Waals surface area contributed by atoms with Crippen molar-refractivity contribution in [3.63, 3.8) is 0 Å². The molecule has 0 aliphatic heterocycles. The second kappa shape index (κ2) is 14.4. The van der Waals surface area contributed by atoms with E-state index in [1.54, 1.807) is 81.5 Å². The first kappa shape index (κ1) is 35.3. The van der Waals surface area contributed by atoms with Crippen molar-refractivity contribution >= 4 is 29.7 Å². The first-order chi connectivity index (χ1) is 22.1. The predicted molar refractivity (Wildman–Crippen MR) is 172 cm³/mol. The number of nitrogens with zero attached hydrogens (tertiary/aromatic N) is 1. The topological polar surface area (TPSA) is 135 Å². The maximum Gasteiger partial charge on any atom is 0.340 e. The summed E-state index contributed by atoms with van der Waals surface area (Å²) in [6.45, 7) is 11.5. The van der Waals surface area contributed by atoms with E-state index in [0.29, 0.717) is 11.1 Å². The van der Waals surface area contributed by atoms with Crippen LogP contribution in [0.4, 0.5) is 0 Å². The van der Waals surface area contributed by atoms with Crippen LogP contribution in [0.1, 0.15) is 82.0 Å². The summed E-state index contributed by atoms with van der Waals surface area (Å²) in [5.74, 6) is -4.42. The molecule has 0 bridgehead atoms. The average Bonchev–Trinajstić information content (AvgIpc) is 3.27. The largest absolute Gasteiger partial charge is 0.458 e. The Bertz CT molecular complexity index is 1550. The highest BCUT2D eigenvalue weighted by Gasteiger charge is 2.62. The summed E-state index contributed by atoms with van der Waals surface area (Å²) in [6.07, 6.45) is 5.29. The molecule has 1 aromatic heterocycles. The Morgan fingerprint density at radius 2 is 1.53 bits per heavy atom. The third kappa shape index (κ3) is 8.04. The molecule has 10 nitrogen and oxygen atoms in total. The lowest BCUT2D eigenvalue weighted by molar-refractivity contribution is -0.195. The molecule has 2 aliphatic carbocycles. The molecular formula is C37H43NO9. The minimum atomic E-state index is -1.49. The number of fused-ring (bicyclic) bond motifs is 1. The fourth-order valence-corrected chi connectivity index (χ4v) is 6.54. The molecule has 0 radical (unpaired) electrons. The molecule has 47 heavy (non-hydrogen) atoms. The van der Waals surface area contributed by atoms with Gasteiger partial charge in [-0.2, -0.15) is 0 Å². The number of aromatic nitrogens is 1. The van der Waals surface area contributed by atoms with Crippen LogP contribution >= 0.6 is 0 Å². The molecule has 1 heterocycles. The third-order valence-electron chi connectivity index (χ3n) is 8.96. The maximum absolute atomic E-state index is 13.7. The van der Waals surface area contributed by atoms with Crippen LogP contribution in [0, 0.1) is 23.2 Å². The molecule has 1 fully saturated rings. The van der Waals surface area contributed by atoms with Crippen molar-refractivity contribution in [2.24, 2.45) is 23.2 Å². The number of rotatable bonds is 6. The standard InChI is InChI=1S/C37H43NO9/c1-22-15-16-36(6,7)31(41)19-30(45-35(43)28-14-11-17-38-21-28)23(2)18-29-32(46-34(42)27-12-9-8-10-13-27)24(3)20-37(29,47-26(5)40)33(22)44-25(4)39/h8-18,21-22,24,29-30,32-33H,19-20H2,1-7H3/t22-,24+,29+,30-,32+,33-,37-/m1/s1. The van der Waals surface area contributed by atoms with Crippen molar-refractivity contribution in [3.8, 4) is 0 Å². The summed E-state index contributed by atoms with van der Waals surface area (Å²) in [4.78, 5) is 70.0. The first-order valence-corrected chi connectivity index (χ1v) is 15.8. The molecule has 250 valence electrons. The van der Waals surface area contributed by atoms with Crippen LogP contribution in [0.5, 0.6) is 0 Å². The van der Waals surface area contributed by atoms with Crippen molar-refractivity contribution < 1.29 is 42.9 Å². The summed E-state index contributed by atoms with van der Waals surface area (Å²) < 4.78 is 24.3. The van der Waals surface area contributed by atoms with Crippen molar-refractivity contribution in [3.05, 3.63) is 89.8 Å². The van der Waals surface area contributed by atoms with Crippen LogP contribution in [0.25, 0.3) is 0 Å². The molecule has 4 rings (SSSR count). The van der Waals surface area contributed by atoms with E-state index < -0.39 is 65.0 Å². The Morgan fingerprint density at radius 1 is 0.872 bits per heavy atom. The van der Waals surface area contributed by atoms with Crippen LogP contribution < -0.4 is 0 Å². The number of benzene rings is 1. The van der Waals surface area contributed by atoms with E-state index in [1.807, 2.05) is 13.8 Å². The fraction of sp³-hybridized carbons (Fsp3) is 0.459. The van der Waals surface area contributed by atoms with E-state index in [2.05, 4.69) is 4.98 Å². The second-order valence-corrected chi connectivity index (χ2v) is 13.1. The van der Waals surface area contributed by atoms with Crippen molar-refractivity contribution in [2.45, 2.75) is 85.2 Å². The van der Waals surface area contributed by atoms with Crippen LogP contribution in [-0.2, 0) is 33.3 Å². The van der Waals surface area contributed by atoms with Crippen LogP contribution in [0.2, 0.25) is 0 Å². The number of carbonyl (C=O) groups excluding carboxylic acids is 5. The highest BCUT2D eigenvalue weighted by molar-refractivity contribution is 5.91. The van der Waals surface area contributed by atoms with Gasteiger partial charge in [0.05, 0.1) is 17.0 Å². The zero-order valence-corrected chi connectivity index (χ0v) is 27.9. The van der Waals surface area contributed by atoms with E-state index in [9.17, 15) is 24.0 Å². The molecular weight excluding hydrogens is 602 g/mol. The lowest BCUT2D eigenvalue weighted by Crippen LogP contribution is -2.55. The van der Waals surface area contributed by atoms with E-state index in [0.717, 1.165) is 0 Å². The van der Waals surface area contributed by atoms with Crippen LogP contribution in [0.3, 0.4) is 0 Å². The molecule has 2 aromatic rings. The Morgan fingerprint density at radius 3 is 2.15 bits per heavy atom. The Balaban J connectivity index is 1.92. The molecule has 0 N–H and O–H groups in total. The van der Waals surface area contributed by atoms with Gasteiger partial charge in [-0.3, -0.25) is 19.4 Å². The van der Waals surface area contributed by atoms with Gasteiger partial charge in [0.1, 0.15) is 24.1 Å². The maximum atomic E-state index is 13.7. The zero-order chi connectivity index (χ0) is 34.5. The highest BCUT2D eigenvalue weighted by Crippen LogP contribution is 2.51. The Hall–Kier alpha value is -4.60. The molecule has 0 amide bonds. The van der Waals surface area contributed by atoms with Gasteiger partial charge in [-0.15, -0.1) is 0 Å².